The molecule has 2 aromatic rings. The maximum atomic E-state index is 13.4. The molecule has 0 radical (unpaired) electrons. The number of pyridine rings is 1. The molecule has 1 aromatic heterocycles. The molecule has 3 aliphatic rings. The molecule has 2 aliphatic heterocycles. The Bertz CT molecular complexity index is 905. The minimum atomic E-state index is -0.409. The topological polar surface area (TPSA) is 48.9 Å². The number of amides is 1. The first-order valence-corrected chi connectivity index (χ1v) is 11.9. The normalized spacial score (nSPS) is 26.5. The quantitative estimate of drug-likeness (QED) is 0.671. The van der Waals surface area contributed by atoms with Crippen molar-refractivity contribution in [1.82, 2.24) is 19.7 Å². The second-order valence-electron chi connectivity index (χ2n) is 9.89. The molecule has 32 heavy (non-hydrogen) atoms. The lowest BCUT2D eigenvalue weighted by atomic mass is 9.98. The fraction of sp³-hybridized carbons (Fsp3) is 0.538. The monoisotopic (exact) mass is 434 g/mol. The highest BCUT2D eigenvalue weighted by atomic mass is 16.5. The second-order valence-corrected chi connectivity index (χ2v) is 9.89. The molecule has 1 spiro atoms. The van der Waals surface area contributed by atoms with Crippen LogP contribution in [-0.4, -0.2) is 77.1 Å². The molecule has 5 rings (SSSR count). The molecule has 1 amide bonds. The third kappa shape index (κ3) is 5.20. The first-order chi connectivity index (χ1) is 15.6. The molecular weight excluding hydrogens is 400 g/mol. The molecule has 1 aromatic carbocycles. The molecule has 170 valence electrons. The van der Waals surface area contributed by atoms with E-state index < -0.39 is 6.10 Å². The summed E-state index contributed by atoms with van der Waals surface area (Å²) >= 11 is 0. The van der Waals surface area contributed by atoms with Gasteiger partial charge in [0.25, 0.3) is 5.91 Å². The van der Waals surface area contributed by atoms with Crippen LogP contribution in [0.25, 0.3) is 0 Å². The highest BCUT2D eigenvalue weighted by Crippen LogP contribution is 2.36. The van der Waals surface area contributed by atoms with E-state index in [9.17, 15) is 4.79 Å². The zero-order valence-electron chi connectivity index (χ0n) is 19.0. The summed E-state index contributed by atoms with van der Waals surface area (Å²) in [5.74, 6) is 0.867. The number of carbonyl (C=O) groups excluding carboxylic acids is 1. The minimum Gasteiger partial charge on any atom is -0.358 e. The highest BCUT2D eigenvalue weighted by Gasteiger charge is 2.48. The number of aromatic nitrogens is 1. The molecule has 2 unspecified atom stereocenters. The van der Waals surface area contributed by atoms with Crippen molar-refractivity contribution < 1.29 is 9.53 Å². The van der Waals surface area contributed by atoms with Gasteiger partial charge in [0.2, 0.25) is 0 Å². The van der Waals surface area contributed by atoms with Gasteiger partial charge in [-0.3, -0.25) is 19.6 Å². The zero-order valence-corrected chi connectivity index (χ0v) is 19.0. The fourth-order valence-electron chi connectivity index (χ4n) is 5.20. The van der Waals surface area contributed by atoms with Crippen molar-refractivity contribution in [3.8, 4) is 0 Å². The minimum absolute atomic E-state index is 0.0667. The van der Waals surface area contributed by atoms with Crippen LogP contribution in [0.4, 0.5) is 0 Å². The van der Waals surface area contributed by atoms with Gasteiger partial charge in [-0.2, -0.15) is 0 Å². The molecule has 1 aliphatic carbocycles. The third-order valence-corrected chi connectivity index (χ3v) is 6.96. The molecule has 3 fully saturated rings. The Morgan fingerprint density at radius 3 is 2.66 bits per heavy atom. The van der Waals surface area contributed by atoms with Gasteiger partial charge in [0.1, 0.15) is 6.10 Å². The zero-order chi connectivity index (χ0) is 22.0. The van der Waals surface area contributed by atoms with Crippen molar-refractivity contribution >= 4 is 5.91 Å². The van der Waals surface area contributed by atoms with E-state index in [2.05, 4.69) is 45.1 Å². The number of likely N-dealkylation sites (N-methyl/N-ethyl adjacent to an activating group) is 1. The van der Waals surface area contributed by atoms with Crippen LogP contribution in [0.5, 0.6) is 0 Å². The summed E-state index contributed by atoms with van der Waals surface area (Å²) in [6.45, 7) is 6.07. The van der Waals surface area contributed by atoms with E-state index >= 15 is 0 Å². The van der Waals surface area contributed by atoms with E-state index in [-0.39, 0.29) is 11.5 Å². The van der Waals surface area contributed by atoms with Crippen LogP contribution < -0.4 is 0 Å². The fourth-order valence-corrected chi connectivity index (χ4v) is 5.20. The first kappa shape index (κ1) is 21.6. The summed E-state index contributed by atoms with van der Waals surface area (Å²) in [5.41, 5.74) is 1.98. The van der Waals surface area contributed by atoms with Crippen LogP contribution in [0.15, 0.2) is 54.7 Å². The average Bonchev–Trinajstić information content (AvgIpc) is 3.54. The van der Waals surface area contributed by atoms with Crippen LogP contribution in [0.1, 0.15) is 30.5 Å². The van der Waals surface area contributed by atoms with Crippen molar-refractivity contribution in [2.24, 2.45) is 5.92 Å². The van der Waals surface area contributed by atoms with Gasteiger partial charge in [-0.15, -0.1) is 0 Å². The summed E-state index contributed by atoms with van der Waals surface area (Å²) in [6.07, 6.45) is 4.99. The Balaban J connectivity index is 1.27. The van der Waals surface area contributed by atoms with Crippen LogP contribution in [0, 0.1) is 5.92 Å². The molecule has 2 saturated heterocycles. The molecule has 2 atom stereocenters. The largest absolute Gasteiger partial charge is 0.358 e. The van der Waals surface area contributed by atoms with Crippen molar-refractivity contribution in [3.63, 3.8) is 0 Å². The molecule has 6 heteroatoms. The Labute approximate surface area is 191 Å². The summed E-state index contributed by atoms with van der Waals surface area (Å²) in [6, 6.07) is 16.5. The Morgan fingerprint density at radius 2 is 1.91 bits per heavy atom. The molecule has 3 heterocycles. The lowest BCUT2D eigenvalue weighted by Crippen LogP contribution is -2.60. The Hall–Kier alpha value is -2.28. The Morgan fingerprint density at radius 1 is 1.12 bits per heavy atom. The standard InChI is InChI=1S/C26H34N4O2/c1-28(17-23-9-5-6-13-27-23)25(31)24-18-30(16-22-10-11-22)20-26(32-24)12-14-29(19-26)15-21-7-3-2-4-8-21/h2-9,13,22,24H,10-12,14-20H2,1H3. The highest BCUT2D eigenvalue weighted by molar-refractivity contribution is 5.81. The maximum absolute atomic E-state index is 13.4. The molecule has 0 N–H and O–H groups in total. The van der Waals surface area contributed by atoms with Crippen LogP contribution in [0.3, 0.4) is 0 Å². The summed E-state index contributed by atoms with van der Waals surface area (Å²) in [4.78, 5) is 24.5. The van der Waals surface area contributed by atoms with Crippen molar-refractivity contribution in [2.75, 3.05) is 39.8 Å². The lowest BCUT2D eigenvalue weighted by molar-refractivity contribution is -0.177. The number of hydrogen-bond acceptors (Lipinski definition) is 5. The number of likely N-dealkylation sites (tertiary alicyclic amines) is 1. The summed E-state index contributed by atoms with van der Waals surface area (Å²) in [7, 11) is 1.86. The van der Waals surface area contributed by atoms with Gasteiger partial charge in [-0.05, 0) is 42.9 Å². The molecule has 1 saturated carbocycles. The van der Waals surface area contributed by atoms with Gasteiger partial charge in [-0.25, -0.2) is 0 Å². The second kappa shape index (κ2) is 9.30. The van der Waals surface area contributed by atoms with Crippen molar-refractivity contribution in [2.45, 2.75) is 44.1 Å². The first-order valence-electron chi connectivity index (χ1n) is 11.9. The summed E-state index contributed by atoms with van der Waals surface area (Å²) in [5, 5.41) is 0. The predicted molar refractivity (Wildman–Crippen MR) is 124 cm³/mol. The van der Waals surface area contributed by atoms with Gasteiger partial charge < -0.3 is 9.64 Å². The maximum Gasteiger partial charge on any atom is 0.253 e. The van der Waals surface area contributed by atoms with Gasteiger partial charge in [0, 0.05) is 52.5 Å². The van der Waals surface area contributed by atoms with E-state index in [1.807, 2.05) is 25.2 Å². The van der Waals surface area contributed by atoms with E-state index in [1.165, 1.54) is 18.4 Å². The third-order valence-electron chi connectivity index (χ3n) is 6.96. The van der Waals surface area contributed by atoms with E-state index in [1.54, 1.807) is 11.1 Å². The molecule has 0 bridgehead atoms. The SMILES string of the molecule is CN(Cc1ccccn1)C(=O)C1CN(CC2CC2)CC2(CCN(Cc3ccccc3)C2)O1. The number of ether oxygens (including phenoxy) is 1. The number of benzene rings is 1. The number of rotatable bonds is 7. The number of nitrogens with zero attached hydrogens (tertiary/aromatic N) is 4. The number of hydrogen-bond donors (Lipinski definition) is 0. The molecule has 6 nitrogen and oxygen atoms in total. The van der Waals surface area contributed by atoms with Gasteiger partial charge in [-0.1, -0.05) is 36.4 Å². The Kier molecular flexibility index (Phi) is 6.26. The number of carbonyl (C=O) groups is 1. The average molecular weight is 435 g/mol. The van der Waals surface area contributed by atoms with Gasteiger partial charge in [0.15, 0.2) is 0 Å². The summed E-state index contributed by atoms with van der Waals surface area (Å²) < 4.78 is 6.66. The number of morpholine rings is 1. The smallest absolute Gasteiger partial charge is 0.253 e. The predicted octanol–water partition coefficient (Wildman–Crippen LogP) is 2.80. The van der Waals surface area contributed by atoms with E-state index in [0.29, 0.717) is 13.1 Å². The van der Waals surface area contributed by atoms with Crippen LogP contribution in [0.2, 0.25) is 0 Å². The van der Waals surface area contributed by atoms with Gasteiger partial charge >= 0.3 is 0 Å². The van der Waals surface area contributed by atoms with E-state index in [0.717, 1.165) is 50.8 Å². The molecular formula is C26H34N4O2. The van der Waals surface area contributed by atoms with Crippen molar-refractivity contribution in [3.05, 3.63) is 66.0 Å². The van der Waals surface area contributed by atoms with Crippen LogP contribution in [-0.2, 0) is 22.6 Å². The van der Waals surface area contributed by atoms with Crippen molar-refractivity contribution in [1.29, 1.82) is 0 Å². The van der Waals surface area contributed by atoms with E-state index in [4.69, 9.17) is 4.74 Å². The van der Waals surface area contributed by atoms with Crippen LogP contribution >= 0.6 is 0 Å². The lowest BCUT2D eigenvalue weighted by Gasteiger charge is -2.45. The van der Waals surface area contributed by atoms with Gasteiger partial charge in [0.05, 0.1) is 17.8 Å².